The Hall–Kier alpha value is -2.64. The van der Waals surface area contributed by atoms with Gasteiger partial charge in [-0.3, -0.25) is 4.90 Å². The van der Waals surface area contributed by atoms with Crippen LogP contribution in [-0.2, 0) is 5.54 Å². The van der Waals surface area contributed by atoms with E-state index in [1.165, 1.54) is 0 Å². The van der Waals surface area contributed by atoms with E-state index in [4.69, 9.17) is 16.3 Å². The summed E-state index contributed by atoms with van der Waals surface area (Å²) in [5.74, 6) is 1.71. The van der Waals surface area contributed by atoms with Crippen LogP contribution in [-0.4, -0.2) is 58.4 Å². The van der Waals surface area contributed by atoms with Gasteiger partial charge in [-0.05, 0) is 55.0 Å². The second-order valence-corrected chi connectivity index (χ2v) is 9.15. The number of para-hydroxylation sites is 2. The summed E-state index contributed by atoms with van der Waals surface area (Å²) in [5.41, 5.74) is 1.91. The van der Waals surface area contributed by atoms with Gasteiger partial charge >= 0.3 is 0 Å². The second-order valence-electron chi connectivity index (χ2n) is 8.74. The van der Waals surface area contributed by atoms with Gasteiger partial charge in [0.05, 0.1) is 24.4 Å². The zero-order chi connectivity index (χ0) is 22.0. The first kappa shape index (κ1) is 21.6. The van der Waals surface area contributed by atoms with E-state index in [0.29, 0.717) is 0 Å². The van der Waals surface area contributed by atoms with Crippen molar-refractivity contribution >= 4 is 17.3 Å². The van der Waals surface area contributed by atoms with Crippen molar-refractivity contribution in [1.82, 2.24) is 25.1 Å². The van der Waals surface area contributed by atoms with Gasteiger partial charge in [0.2, 0.25) is 0 Å². The first-order valence-electron chi connectivity index (χ1n) is 10.6. The highest BCUT2D eigenvalue weighted by atomic mass is 35.5. The van der Waals surface area contributed by atoms with Gasteiger partial charge in [-0.25, -0.2) is 4.68 Å². The number of hydrogen-bond donors (Lipinski definition) is 0. The molecule has 7 nitrogen and oxygen atoms in total. The number of tetrazole rings is 1. The summed E-state index contributed by atoms with van der Waals surface area (Å²) in [6.07, 6.45) is 0. The summed E-state index contributed by atoms with van der Waals surface area (Å²) in [7, 11) is 1.72. The summed E-state index contributed by atoms with van der Waals surface area (Å²) >= 11 is 6.65. The molecular weight excluding hydrogens is 412 g/mol. The Labute approximate surface area is 188 Å². The average Bonchev–Trinajstić information content (AvgIpc) is 3.26. The Bertz CT molecular complexity index is 1020. The van der Waals surface area contributed by atoms with Gasteiger partial charge in [-0.1, -0.05) is 41.9 Å². The molecule has 2 aromatic carbocycles. The summed E-state index contributed by atoms with van der Waals surface area (Å²) in [6.45, 7) is 9.77. The molecule has 0 unspecified atom stereocenters. The normalized spacial score (nSPS) is 16.4. The maximum atomic E-state index is 6.65. The molecule has 1 aromatic heterocycles. The molecule has 164 valence electrons. The summed E-state index contributed by atoms with van der Waals surface area (Å²) < 4.78 is 7.48. The Kier molecular flexibility index (Phi) is 6.16. The summed E-state index contributed by atoms with van der Waals surface area (Å²) in [5, 5.41) is 13.5. The average molecular weight is 441 g/mol. The quantitative estimate of drug-likeness (QED) is 0.597. The van der Waals surface area contributed by atoms with Crippen LogP contribution in [0.3, 0.4) is 0 Å². The highest BCUT2D eigenvalue weighted by Gasteiger charge is 2.34. The van der Waals surface area contributed by atoms with Gasteiger partial charge in [0, 0.05) is 31.2 Å². The van der Waals surface area contributed by atoms with Gasteiger partial charge in [-0.15, -0.1) is 5.10 Å². The second kappa shape index (κ2) is 8.85. The van der Waals surface area contributed by atoms with Gasteiger partial charge in [0.1, 0.15) is 5.75 Å². The minimum absolute atomic E-state index is 0.122. The number of halogens is 1. The maximum Gasteiger partial charge on any atom is 0.173 e. The van der Waals surface area contributed by atoms with Crippen LogP contribution in [0.25, 0.3) is 0 Å². The Morgan fingerprint density at radius 2 is 1.65 bits per heavy atom. The first-order valence-corrected chi connectivity index (χ1v) is 10.9. The number of piperazine rings is 1. The topological polar surface area (TPSA) is 59.3 Å². The molecule has 1 aliphatic rings. The molecule has 1 atom stereocenters. The minimum Gasteiger partial charge on any atom is -0.495 e. The predicted molar refractivity (Wildman–Crippen MR) is 123 cm³/mol. The molecule has 0 amide bonds. The number of aromatic nitrogens is 4. The van der Waals surface area contributed by atoms with Crippen LogP contribution < -0.4 is 9.64 Å². The van der Waals surface area contributed by atoms with E-state index in [1.807, 2.05) is 41.1 Å². The van der Waals surface area contributed by atoms with Crippen LogP contribution >= 0.6 is 11.6 Å². The molecule has 4 rings (SSSR count). The Morgan fingerprint density at radius 1 is 0.968 bits per heavy atom. The number of hydrogen-bond acceptors (Lipinski definition) is 6. The van der Waals surface area contributed by atoms with Gasteiger partial charge in [0.15, 0.2) is 5.82 Å². The minimum atomic E-state index is -0.239. The number of ether oxygens (including phenoxy) is 1. The lowest BCUT2D eigenvalue weighted by Crippen LogP contribution is -2.49. The number of nitrogens with zero attached hydrogens (tertiary/aromatic N) is 6. The van der Waals surface area contributed by atoms with Crippen LogP contribution in [0, 0.1) is 0 Å². The largest absolute Gasteiger partial charge is 0.495 e. The van der Waals surface area contributed by atoms with Crippen molar-refractivity contribution in [2.75, 3.05) is 38.2 Å². The van der Waals surface area contributed by atoms with Crippen molar-refractivity contribution in [3.05, 3.63) is 64.9 Å². The third-order valence-corrected chi connectivity index (χ3v) is 6.02. The van der Waals surface area contributed by atoms with E-state index in [-0.39, 0.29) is 11.6 Å². The number of rotatable bonds is 5. The fourth-order valence-corrected chi connectivity index (χ4v) is 4.39. The van der Waals surface area contributed by atoms with E-state index in [0.717, 1.165) is 54.0 Å². The molecule has 0 spiro atoms. The maximum absolute atomic E-state index is 6.65. The fourth-order valence-electron chi connectivity index (χ4n) is 4.15. The molecule has 1 fully saturated rings. The Morgan fingerprint density at radius 3 is 2.32 bits per heavy atom. The Balaban J connectivity index is 1.65. The smallest absolute Gasteiger partial charge is 0.173 e. The lowest BCUT2D eigenvalue weighted by molar-refractivity contribution is 0.191. The molecule has 0 saturated carbocycles. The van der Waals surface area contributed by atoms with Gasteiger partial charge in [0.25, 0.3) is 0 Å². The van der Waals surface area contributed by atoms with E-state index < -0.39 is 0 Å². The van der Waals surface area contributed by atoms with Gasteiger partial charge in [-0.2, -0.15) is 0 Å². The van der Waals surface area contributed by atoms with E-state index in [2.05, 4.69) is 58.2 Å². The molecule has 1 saturated heterocycles. The molecule has 1 aliphatic heterocycles. The molecule has 3 aromatic rings. The van der Waals surface area contributed by atoms with Crippen molar-refractivity contribution in [1.29, 1.82) is 0 Å². The van der Waals surface area contributed by atoms with E-state index in [9.17, 15) is 0 Å². The van der Waals surface area contributed by atoms with Crippen LogP contribution in [0.5, 0.6) is 5.75 Å². The van der Waals surface area contributed by atoms with Crippen molar-refractivity contribution in [3.8, 4) is 5.75 Å². The van der Waals surface area contributed by atoms with E-state index in [1.54, 1.807) is 7.11 Å². The first-order chi connectivity index (χ1) is 14.9. The highest BCUT2D eigenvalue weighted by Crippen LogP contribution is 2.35. The monoisotopic (exact) mass is 440 g/mol. The molecular formula is C23H29ClN6O. The molecule has 2 heterocycles. The van der Waals surface area contributed by atoms with Crippen molar-refractivity contribution < 1.29 is 4.74 Å². The van der Waals surface area contributed by atoms with Crippen LogP contribution in [0.1, 0.15) is 38.2 Å². The van der Waals surface area contributed by atoms with Crippen LogP contribution in [0.4, 0.5) is 5.69 Å². The lowest BCUT2D eigenvalue weighted by atomic mass is 10.0. The molecule has 0 aliphatic carbocycles. The van der Waals surface area contributed by atoms with Crippen molar-refractivity contribution in [3.63, 3.8) is 0 Å². The third kappa shape index (κ3) is 4.38. The standard InChI is InChI=1S/C23H29ClN6O/c1-23(2,3)30-22(25-26-27-30)21(17-9-5-6-10-18(17)24)29-15-13-28(14-16-29)19-11-7-8-12-20(19)31-4/h5-12,21H,13-16H2,1-4H3/t21-/m0/s1. The molecule has 31 heavy (non-hydrogen) atoms. The summed E-state index contributed by atoms with van der Waals surface area (Å²) in [4.78, 5) is 4.78. The zero-order valence-corrected chi connectivity index (χ0v) is 19.3. The number of anilines is 1. The number of benzene rings is 2. The predicted octanol–water partition coefficient (Wildman–Crippen LogP) is 4.00. The fraction of sp³-hybridized carbons (Fsp3) is 0.435. The van der Waals surface area contributed by atoms with Gasteiger partial charge < -0.3 is 9.64 Å². The summed E-state index contributed by atoms with van der Waals surface area (Å²) in [6, 6.07) is 16.0. The molecule has 0 bridgehead atoms. The number of methoxy groups -OCH3 is 1. The van der Waals surface area contributed by atoms with Crippen LogP contribution in [0.2, 0.25) is 5.02 Å². The third-order valence-electron chi connectivity index (χ3n) is 5.68. The molecule has 0 N–H and O–H groups in total. The zero-order valence-electron chi connectivity index (χ0n) is 18.5. The molecule has 8 heteroatoms. The molecule has 0 radical (unpaired) electrons. The SMILES string of the molecule is COc1ccccc1N1CCN([C@@H](c2ccccc2Cl)c2nnnn2C(C)(C)C)CC1. The lowest BCUT2D eigenvalue weighted by Gasteiger charge is -2.40. The van der Waals surface area contributed by atoms with Crippen molar-refractivity contribution in [2.24, 2.45) is 0 Å². The van der Waals surface area contributed by atoms with E-state index >= 15 is 0 Å². The van der Waals surface area contributed by atoms with Crippen molar-refractivity contribution in [2.45, 2.75) is 32.4 Å². The van der Waals surface area contributed by atoms with Crippen LogP contribution in [0.15, 0.2) is 48.5 Å². The highest BCUT2D eigenvalue weighted by molar-refractivity contribution is 6.31.